The zero-order chi connectivity index (χ0) is 11.6. The van der Waals surface area contributed by atoms with Crippen molar-refractivity contribution in [3.05, 3.63) is 0 Å². The van der Waals surface area contributed by atoms with Crippen LogP contribution in [0.2, 0.25) is 0 Å². The molecule has 2 aliphatic carbocycles. The summed E-state index contributed by atoms with van der Waals surface area (Å²) >= 11 is 0. The molecule has 0 unspecified atom stereocenters. The van der Waals surface area contributed by atoms with Crippen LogP contribution in [0.3, 0.4) is 0 Å². The van der Waals surface area contributed by atoms with Gasteiger partial charge in [0.1, 0.15) is 0 Å². The first-order valence-corrected chi connectivity index (χ1v) is 6.66. The lowest BCUT2D eigenvalue weighted by molar-refractivity contribution is 0.427. The quantitative estimate of drug-likeness (QED) is 0.603. The Kier molecular flexibility index (Phi) is 9.55. The molecule has 2 aliphatic rings. The van der Waals surface area contributed by atoms with E-state index in [1.54, 1.807) is 0 Å². The smallest absolute Gasteiger partial charge is 0.0655 e. The Morgan fingerprint density at radius 1 is 0.588 bits per heavy atom. The van der Waals surface area contributed by atoms with Gasteiger partial charge in [0.25, 0.3) is 0 Å². The molecule has 0 N–H and O–H groups in total. The fraction of sp³-hybridized carbons (Fsp3) is 0.867. The van der Waals surface area contributed by atoms with Gasteiger partial charge in [-0.25, -0.2) is 0 Å². The van der Waals surface area contributed by atoms with E-state index in [0.717, 1.165) is 25.7 Å². The van der Waals surface area contributed by atoms with Gasteiger partial charge >= 0.3 is 0 Å². The maximum Gasteiger partial charge on any atom is 0.0655 e. The van der Waals surface area contributed by atoms with E-state index < -0.39 is 0 Å². The third-order valence-electron chi connectivity index (χ3n) is 3.58. The van der Waals surface area contributed by atoms with Crippen LogP contribution in [0.5, 0.6) is 0 Å². The summed E-state index contributed by atoms with van der Waals surface area (Å²) in [4.78, 5) is 0. The predicted octanol–water partition coefficient (Wildman–Crippen LogP) is 4.82. The third kappa shape index (κ3) is 7.01. The number of rotatable bonds is 0. The first kappa shape index (κ1) is 16.0. The average molecular weight is 234 g/mol. The molecular formula is C15H26N2. The van der Waals surface area contributed by atoms with Crippen LogP contribution in [0.15, 0.2) is 0 Å². The standard InChI is InChI=1S/2C7H11N.CH4/c2*8-6-7-4-2-1-3-5-7;/h2*7H,1-5H2;1H4. The van der Waals surface area contributed by atoms with Crippen molar-refractivity contribution >= 4 is 0 Å². The van der Waals surface area contributed by atoms with Crippen molar-refractivity contribution in [1.82, 2.24) is 0 Å². The lowest BCUT2D eigenvalue weighted by Gasteiger charge is -2.13. The number of nitrogens with zero attached hydrogens (tertiary/aromatic N) is 2. The highest BCUT2D eigenvalue weighted by molar-refractivity contribution is 4.84. The lowest BCUT2D eigenvalue weighted by Crippen LogP contribution is -2.02. The largest absolute Gasteiger partial charge is 0.198 e. The maximum atomic E-state index is 8.44. The Morgan fingerprint density at radius 3 is 1.06 bits per heavy atom. The molecule has 2 fully saturated rings. The molecule has 0 aliphatic heterocycles. The van der Waals surface area contributed by atoms with Crippen LogP contribution < -0.4 is 0 Å². The highest BCUT2D eigenvalue weighted by atomic mass is 14.3. The fourth-order valence-corrected chi connectivity index (χ4v) is 2.46. The van der Waals surface area contributed by atoms with Crippen molar-refractivity contribution in [2.75, 3.05) is 0 Å². The molecule has 0 spiro atoms. The molecule has 0 radical (unpaired) electrons. The van der Waals surface area contributed by atoms with Crippen LogP contribution in [0.25, 0.3) is 0 Å². The molecule has 0 aromatic rings. The summed E-state index contributed by atoms with van der Waals surface area (Å²) in [5.74, 6) is 0.785. The molecule has 0 atom stereocenters. The zero-order valence-electron chi connectivity index (χ0n) is 10.1. The lowest BCUT2D eigenvalue weighted by atomic mass is 9.91. The Bertz CT molecular complexity index is 219. The highest BCUT2D eigenvalue weighted by Gasteiger charge is 2.11. The molecule has 96 valence electrons. The summed E-state index contributed by atoms with van der Waals surface area (Å²) < 4.78 is 0. The van der Waals surface area contributed by atoms with Crippen LogP contribution in [-0.4, -0.2) is 0 Å². The van der Waals surface area contributed by atoms with Crippen molar-refractivity contribution in [2.45, 2.75) is 71.6 Å². The minimum atomic E-state index is 0. The summed E-state index contributed by atoms with van der Waals surface area (Å²) in [6.07, 6.45) is 12.4. The van der Waals surface area contributed by atoms with Gasteiger partial charge in [0.15, 0.2) is 0 Å². The van der Waals surface area contributed by atoms with E-state index in [9.17, 15) is 0 Å². The Balaban J connectivity index is 0.000000284. The van der Waals surface area contributed by atoms with Crippen molar-refractivity contribution < 1.29 is 0 Å². The minimum Gasteiger partial charge on any atom is -0.198 e. The van der Waals surface area contributed by atoms with Gasteiger partial charge in [-0.1, -0.05) is 46.0 Å². The third-order valence-corrected chi connectivity index (χ3v) is 3.58. The van der Waals surface area contributed by atoms with Crippen LogP contribution in [-0.2, 0) is 0 Å². The SMILES string of the molecule is C.N#CC1CCCCC1.N#CC1CCCCC1. The van der Waals surface area contributed by atoms with E-state index in [4.69, 9.17) is 10.5 Å². The molecule has 0 heterocycles. The molecular weight excluding hydrogens is 208 g/mol. The van der Waals surface area contributed by atoms with Crippen molar-refractivity contribution in [2.24, 2.45) is 11.8 Å². The Hall–Kier alpha value is -1.02. The van der Waals surface area contributed by atoms with E-state index in [1.807, 2.05) is 0 Å². The summed E-state index contributed by atoms with van der Waals surface area (Å²) in [5, 5.41) is 16.9. The molecule has 0 saturated heterocycles. The van der Waals surface area contributed by atoms with Gasteiger partial charge in [0, 0.05) is 11.8 Å². The molecule has 2 saturated carbocycles. The number of nitriles is 2. The second kappa shape index (κ2) is 10.2. The van der Waals surface area contributed by atoms with E-state index >= 15 is 0 Å². The fourth-order valence-electron chi connectivity index (χ4n) is 2.46. The second-order valence-corrected chi connectivity index (χ2v) is 4.93. The molecule has 0 bridgehead atoms. The van der Waals surface area contributed by atoms with E-state index in [-0.39, 0.29) is 7.43 Å². The topological polar surface area (TPSA) is 47.6 Å². The van der Waals surface area contributed by atoms with E-state index in [0.29, 0.717) is 11.8 Å². The molecule has 17 heavy (non-hydrogen) atoms. The highest BCUT2D eigenvalue weighted by Crippen LogP contribution is 2.22. The Morgan fingerprint density at radius 2 is 0.882 bits per heavy atom. The van der Waals surface area contributed by atoms with E-state index in [1.165, 1.54) is 38.5 Å². The number of hydrogen-bond donors (Lipinski definition) is 0. The first-order valence-electron chi connectivity index (χ1n) is 6.66. The minimum absolute atomic E-state index is 0. The normalized spacial score (nSPS) is 21.1. The molecule has 2 heteroatoms. The monoisotopic (exact) mass is 234 g/mol. The van der Waals surface area contributed by atoms with Crippen molar-refractivity contribution in [3.63, 3.8) is 0 Å². The van der Waals surface area contributed by atoms with Gasteiger partial charge in [-0.3, -0.25) is 0 Å². The van der Waals surface area contributed by atoms with Gasteiger partial charge in [-0.15, -0.1) is 0 Å². The van der Waals surface area contributed by atoms with Gasteiger partial charge in [0.2, 0.25) is 0 Å². The summed E-state index contributed by atoms with van der Waals surface area (Å²) in [6.45, 7) is 0. The summed E-state index contributed by atoms with van der Waals surface area (Å²) in [5.41, 5.74) is 0. The van der Waals surface area contributed by atoms with Crippen LogP contribution >= 0.6 is 0 Å². The van der Waals surface area contributed by atoms with Gasteiger partial charge in [0.05, 0.1) is 12.1 Å². The molecule has 2 rings (SSSR count). The van der Waals surface area contributed by atoms with E-state index in [2.05, 4.69) is 12.1 Å². The maximum absolute atomic E-state index is 8.44. The predicted molar refractivity (Wildman–Crippen MR) is 71.1 cm³/mol. The summed E-state index contributed by atoms with van der Waals surface area (Å²) in [6, 6.07) is 4.61. The zero-order valence-corrected chi connectivity index (χ0v) is 10.1. The molecule has 0 amide bonds. The van der Waals surface area contributed by atoms with Crippen molar-refractivity contribution in [3.8, 4) is 12.1 Å². The first-order chi connectivity index (χ1) is 7.86. The molecule has 0 aromatic carbocycles. The van der Waals surface area contributed by atoms with Crippen LogP contribution in [0.1, 0.15) is 71.6 Å². The van der Waals surface area contributed by atoms with Gasteiger partial charge in [-0.2, -0.15) is 10.5 Å². The number of hydrogen-bond acceptors (Lipinski definition) is 2. The van der Waals surface area contributed by atoms with Crippen molar-refractivity contribution in [1.29, 1.82) is 10.5 Å². The van der Waals surface area contributed by atoms with Gasteiger partial charge in [-0.05, 0) is 25.7 Å². The summed E-state index contributed by atoms with van der Waals surface area (Å²) in [7, 11) is 0. The second-order valence-electron chi connectivity index (χ2n) is 4.93. The molecule has 0 aromatic heterocycles. The average Bonchev–Trinajstić information content (AvgIpc) is 2.41. The Labute approximate surface area is 107 Å². The van der Waals surface area contributed by atoms with Crippen LogP contribution in [0.4, 0.5) is 0 Å². The van der Waals surface area contributed by atoms with Crippen LogP contribution in [0, 0.1) is 34.5 Å². The molecule has 2 nitrogen and oxygen atoms in total. The van der Waals surface area contributed by atoms with Gasteiger partial charge < -0.3 is 0 Å².